The largest absolute Gasteiger partial charge is 0.508 e. The molecule has 0 aromatic heterocycles. The van der Waals surface area contributed by atoms with E-state index in [2.05, 4.69) is 51.8 Å². The molecular formula is C104H135ClN8O19S. The Morgan fingerprint density at radius 1 is 0.368 bits per heavy atom. The average molecular weight is 1870 g/mol. The topological polar surface area (TPSA) is 304 Å². The molecule has 8 aromatic carbocycles. The predicted molar refractivity (Wildman–Crippen MR) is 512 cm³/mol. The number of sulfonamides is 1. The van der Waals surface area contributed by atoms with Gasteiger partial charge in [-0.2, -0.15) is 4.31 Å². The van der Waals surface area contributed by atoms with Crippen LogP contribution >= 0.6 is 11.6 Å². The molecule has 3 fully saturated rings. The Morgan fingerprint density at radius 2 is 0.684 bits per heavy atom. The first-order valence-electron chi connectivity index (χ1n) is 47.1. The molecule has 133 heavy (non-hydrogen) atoms. The molecule has 0 atom stereocenters. The molecule has 8 aliphatic heterocycles. The number of carbonyl (C=O) groups is 6. The molecule has 0 radical (unpaired) electrons. The molecule has 0 saturated carbocycles. The van der Waals surface area contributed by atoms with Crippen LogP contribution in [0.3, 0.4) is 0 Å². The number of rotatable bonds is 23. The fraction of sp³-hybridized carbons (Fsp3) is 0.481. The second kappa shape index (κ2) is 53.0. The first-order chi connectivity index (χ1) is 64.2. The number of aromatic hydroxyl groups is 2. The first-order valence-corrected chi connectivity index (χ1v) is 49.1. The van der Waals surface area contributed by atoms with Crippen LogP contribution in [0.5, 0.6) is 28.7 Å². The second-order valence-corrected chi connectivity index (χ2v) is 38.0. The Kier molecular flexibility index (Phi) is 40.7. The summed E-state index contributed by atoms with van der Waals surface area (Å²) >= 11 is 4.97. The van der Waals surface area contributed by atoms with Crippen LogP contribution in [0.25, 0.3) is 0 Å². The lowest BCUT2D eigenvalue weighted by Crippen LogP contribution is -2.39. The molecular weight excluding hydrogens is 1730 g/mol. The first kappa shape index (κ1) is 102. The van der Waals surface area contributed by atoms with Gasteiger partial charge in [-0.3, -0.25) is 0 Å². The summed E-state index contributed by atoms with van der Waals surface area (Å²) in [6.45, 7) is 27.7. The molecule has 8 aromatic rings. The van der Waals surface area contributed by atoms with Gasteiger partial charge in [0.1, 0.15) is 48.6 Å². The number of amides is 5. The highest BCUT2D eigenvalue weighted by Gasteiger charge is 2.31. The fourth-order valence-corrected chi connectivity index (χ4v) is 18.0. The van der Waals surface area contributed by atoms with Crippen LogP contribution in [0.15, 0.2) is 182 Å². The summed E-state index contributed by atoms with van der Waals surface area (Å²) in [5.41, 5.74) is 14.3. The number of carbonyl (C=O) groups excluding carboxylic acids is 6. The van der Waals surface area contributed by atoms with Crippen molar-refractivity contribution >= 4 is 57.5 Å². The number of hydrogen-bond acceptors (Lipinski definition) is 21. The summed E-state index contributed by atoms with van der Waals surface area (Å²) in [4.78, 5) is 79.5. The highest BCUT2D eigenvalue weighted by Crippen LogP contribution is 2.32. The highest BCUT2D eigenvalue weighted by molar-refractivity contribution is 7.89. The number of halogens is 1. The van der Waals surface area contributed by atoms with Gasteiger partial charge in [0.15, 0.2) is 0 Å². The summed E-state index contributed by atoms with van der Waals surface area (Å²) in [5, 5.41) is 25.3. The second-order valence-electron chi connectivity index (χ2n) is 35.5. The number of phenolic OH excluding ortho intramolecular Hbond substituents is 2. The minimum atomic E-state index is -3.15. The zero-order valence-electron chi connectivity index (χ0n) is 78.3. The van der Waals surface area contributed by atoms with Gasteiger partial charge < -0.3 is 88.0 Å². The van der Waals surface area contributed by atoms with E-state index in [0.29, 0.717) is 82.6 Å². The zero-order chi connectivity index (χ0) is 94.4. The molecule has 0 bridgehead atoms. The summed E-state index contributed by atoms with van der Waals surface area (Å²) in [7, 11) is -3.15. The van der Waals surface area contributed by atoms with Gasteiger partial charge in [0.25, 0.3) is 0 Å². The average Bonchev–Trinajstić information content (AvgIpc) is 0.821. The molecule has 27 nitrogen and oxygen atoms in total. The number of fused-ring (bicyclic) bond motifs is 5. The van der Waals surface area contributed by atoms with E-state index in [9.17, 15) is 42.3 Å². The molecule has 29 heteroatoms. The molecule has 3 saturated heterocycles. The van der Waals surface area contributed by atoms with E-state index in [0.717, 1.165) is 218 Å². The predicted octanol–water partition coefficient (Wildman–Crippen LogP) is 18.9. The van der Waals surface area contributed by atoms with Gasteiger partial charge >= 0.3 is 35.9 Å². The lowest BCUT2D eigenvalue weighted by Gasteiger charge is -2.31. The van der Waals surface area contributed by atoms with Gasteiger partial charge in [0.05, 0.1) is 43.9 Å². The van der Waals surface area contributed by atoms with Crippen molar-refractivity contribution in [2.24, 2.45) is 17.8 Å². The van der Waals surface area contributed by atoms with Gasteiger partial charge in [0, 0.05) is 103 Å². The number of phenols is 2. The van der Waals surface area contributed by atoms with E-state index in [1.54, 1.807) is 44.1 Å². The maximum Gasteiger partial charge on any atom is 0.410 e. The van der Waals surface area contributed by atoms with Crippen molar-refractivity contribution in [1.29, 1.82) is 0 Å². The van der Waals surface area contributed by atoms with Gasteiger partial charge in [-0.25, -0.2) is 37.2 Å². The van der Waals surface area contributed by atoms with Crippen molar-refractivity contribution in [2.75, 3.05) is 97.6 Å². The number of hydrogen-bond donors (Lipinski definition) is 4. The van der Waals surface area contributed by atoms with E-state index in [1.165, 1.54) is 33.4 Å². The van der Waals surface area contributed by atoms with E-state index >= 15 is 0 Å². The van der Waals surface area contributed by atoms with Gasteiger partial charge in [-0.1, -0.05) is 121 Å². The molecule has 8 aliphatic rings. The monoisotopic (exact) mass is 1870 g/mol. The minimum Gasteiger partial charge on any atom is -0.508 e. The molecule has 0 aliphatic carbocycles. The third kappa shape index (κ3) is 34.3. The summed E-state index contributed by atoms with van der Waals surface area (Å²) in [6, 6.07) is 58.2. The van der Waals surface area contributed by atoms with Crippen LogP contribution in [0.2, 0.25) is 0 Å². The van der Waals surface area contributed by atoms with Crippen molar-refractivity contribution in [3.8, 4) is 28.7 Å². The van der Waals surface area contributed by atoms with Gasteiger partial charge in [-0.15, -0.1) is 0 Å². The van der Waals surface area contributed by atoms with Crippen molar-refractivity contribution in [2.45, 2.75) is 209 Å². The Labute approximate surface area is 790 Å². The highest BCUT2D eigenvalue weighted by atomic mass is 35.5. The molecule has 0 unspecified atom stereocenters. The fourth-order valence-electron chi connectivity index (χ4n) is 16.9. The van der Waals surface area contributed by atoms with E-state index in [1.807, 2.05) is 179 Å². The van der Waals surface area contributed by atoms with E-state index in [4.69, 9.17) is 54.6 Å². The Hall–Kier alpha value is -11.3. The molecule has 5 amide bonds. The van der Waals surface area contributed by atoms with Crippen LogP contribution in [0.1, 0.15) is 179 Å². The molecule has 4 N–H and O–H groups in total. The summed E-state index contributed by atoms with van der Waals surface area (Å²) in [5.74, 6) is 5.24. The quantitative estimate of drug-likeness (QED) is 0.0342. The number of likely N-dealkylation sites (tertiary alicyclic amines) is 3. The van der Waals surface area contributed by atoms with Crippen LogP contribution in [-0.4, -0.2) is 199 Å². The maximum atomic E-state index is 12.5. The lowest BCUT2D eigenvalue weighted by molar-refractivity contribution is 0.0628. The van der Waals surface area contributed by atoms with Crippen LogP contribution in [-0.2, 0) is 123 Å². The van der Waals surface area contributed by atoms with Crippen LogP contribution in [0.4, 0.5) is 28.8 Å². The maximum absolute atomic E-state index is 12.5. The zero-order valence-corrected chi connectivity index (χ0v) is 79.8. The Bertz CT molecular complexity index is 5110. The van der Waals surface area contributed by atoms with Crippen LogP contribution < -0.4 is 24.8 Å². The smallest absolute Gasteiger partial charge is 0.410 e. The Balaban J connectivity index is 0.000000160. The SMILES string of the molecule is CC(C)OC(=O)N1CCC(CCOc2ccc3c(c2)CCN(C(=O)OCc2ccccc2)C3)CC1.CC(C)OC(=O)N1CCC(CCOc2ccc3c(c2)CCNC3)CC1.CCS(=O)(=O)N1CCc2cc(OCCC3CCN(C(=O)OC(C)C)CC3)ccc2C1.O=C(Cl)OCc1ccccc1.O=C(OCc1ccccc1)N1CCc2cc(O)ccc2C1.Oc1ccc2c(c1)CCNC2. The number of benzene rings is 8. The van der Waals surface area contributed by atoms with Crippen molar-refractivity contribution in [3.05, 3.63) is 254 Å². The van der Waals surface area contributed by atoms with Crippen LogP contribution in [0, 0.1) is 17.8 Å². The molecule has 16 rings (SSSR count). The summed E-state index contributed by atoms with van der Waals surface area (Å²) in [6.07, 6.45) is 12.0. The molecule has 0 spiro atoms. The molecule has 8 heterocycles. The Morgan fingerprint density at radius 3 is 1.05 bits per heavy atom. The normalized spacial score (nSPS) is 16.0. The van der Waals surface area contributed by atoms with Crippen molar-refractivity contribution in [3.63, 3.8) is 0 Å². The third-order valence-electron chi connectivity index (χ3n) is 24.6. The number of nitrogens with zero attached hydrogens (tertiary/aromatic N) is 6. The number of ether oxygens (including phenoxy) is 9. The van der Waals surface area contributed by atoms with Crippen molar-refractivity contribution < 1.29 is 90.0 Å². The number of nitrogens with one attached hydrogen (secondary N) is 2. The molecule has 718 valence electrons. The number of piperidine rings is 3. The standard InChI is InChI=1S/C28H36N2O5.C22H34N2O5S.C20H30N2O3.C17H17NO3.C9H11NO.C8H7ClO2/c1-21(2)35-28(32)29-14-10-22(11-15-29)13-17-33-26-9-8-25-19-30(16-12-24(25)18-26)27(31)34-20-23-6-4-3-5-7-23;1-4-30(26,27)24-13-9-19-15-21(6-5-20(19)16-24)28-14-10-18-7-11-23(12-8-18)22(25)29-17(2)3;1-15(2)25-20(23)22-10-6-16(7-11-22)8-12-24-19-4-3-18-14-21-9-5-17(18)13-19;19-16-7-6-15-11-18(9-8-14(15)10-16)17(20)21-12-13-4-2-1-3-5-13;11-9-2-1-8-6-10-4-3-7(8)5-9;9-8(10)11-6-7-4-2-1-3-5-7/h3-9,18,21-22H,10-17,19-20H2,1-2H3;5-6,15,17-18H,4,7-14,16H2,1-3H3;3-4,13,15-16,21H,5-12,14H2,1-2H3;1-7,10,19H,8-9,11-12H2;1-2,5,10-11H,3-4,6H2;1-5H,6H2. The third-order valence-corrected chi connectivity index (χ3v) is 26.5. The van der Waals surface area contributed by atoms with Gasteiger partial charge in [-0.05, 0) is 302 Å². The van der Waals surface area contributed by atoms with E-state index < -0.39 is 15.5 Å². The van der Waals surface area contributed by atoms with E-state index in [-0.39, 0.29) is 73.5 Å². The van der Waals surface area contributed by atoms with Crippen molar-refractivity contribution in [1.82, 2.24) is 39.4 Å². The summed E-state index contributed by atoms with van der Waals surface area (Å²) < 4.78 is 75.0. The minimum absolute atomic E-state index is 0.0500. The van der Waals surface area contributed by atoms with Gasteiger partial charge in [0.2, 0.25) is 10.0 Å². The lowest BCUT2D eigenvalue weighted by atomic mass is 9.94.